The SMILES string of the molecule is Cc1ccccc1[C@@H]1[C@H]2CN(C(=O)c3cncnc3)C[C@H]2CN1C(=O)c1ccncc1. The van der Waals surface area contributed by atoms with E-state index in [2.05, 4.69) is 34.0 Å². The molecule has 3 atom stereocenters. The van der Waals surface area contributed by atoms with Crippen LogP contribution in [0, 0.1) is 18.8 Å². The van der Waals surface area contributed by atoms with Crippen LogP contribution in [0.3, 0.4) is 0 Å². The molecule has 4 heterocycles. The fraction of sp³-hybridized carbons (Fsp3) is 0.292. The number of aromatic nitrogens is 3. The van der Waals surface area contributed by atoms with Crippen molar-refractivity contribution in [1.29, 1.82) is 0 Å². The van der Waals surface area contributed by atoms with Crippen molar-refractivity contribution < 1.29 is 9.59 Å². The van der Waals surface area contributed by atoms with Gasteiger partial charge in [-0.15, -0.1) is 0 Å². The number of aryl methyl sites for hydroxylation is 1. The highest BCUT2D eigenvalue weighted by molar-refractivity contribution is 5.95. The summed E-state index contributed by atoms with van der Waals surface area (Å²) in [7, 11) is 0. The Morgan fingerprint density at radius 2 is 1.61 bits per heavy atom. The second-order valence-corrected chi connectivity index (χ2v) is 8.26. The maximum atomic E-state index is 13.4. The number of carbonyl (C=O) groups is 2. The summed E-state index contributed by atoms with van der Waals surface area (Å²) < 4.78 is 0. The van der Waals surface area contributed by atoms with Crippen LogP contribution >= 0.6 is 0 Å². The average Bonchev–Trinajstić information content (AvgIpc) is 3.38. The van der Waals surface area contributed by atoms with Crippen molar-refractivity contribution in [2.45, 2.75) is 13.0 Å². The van der Waals surface area contributed by atoms with Crippen molar-refractivity contribution in [3.05, 3.63) is 89.8 Å². The van der Waals surface area contributed by atoms with Gasteiger partial charge in [0.25, 0.3) is 11.8 Å². The second kappa shape index (κ2) is 7.91. The Bertz CT molecular complexity index is 1110. The minimum atomic E-state index is -0.0725. The fourth-order valence-corrected chi connectivity index (χ4v) is 4.99. The first kappa shape index (κ1) is 19.4. The van der Waals surface area contributed by atoms with Crippen LogP contribution in [-0.4, -0.2) is 56.2 Å². The fourth-order valence-electron chi connectivity index (χ4n) is 4.99. The van der Waals surface area contributed by atoms with Gasteiger partial charge in [0.05, 0.1) is 11.6 Å². The topological polar surface area (TPSA) is 79.3 Å². The van der Waals surface area contributed by atoms with Gasteiger partial charge < -0.3 is 9.80 Å². The lowest BCUT2D eigenvalue weighted by molar-refractivity contribution is 0.0676. The molecule has 0 saturated carbocycles. The van der Waals surface area contributed by atoms with E-state index in [0.717, 1.165) is 11.1 Å². The molecule has 2 aliphatic rings. The van der Waals surface area contributed by atoms with Crippen LogP contribution in [0.25, 0.3) is 0 Å². The molecular weight excluding hydrogens is 390 g/mol. The van der Waals surface area contributed by atoms with Crippen LogP contribution in [0.15, 0.2) is 67.5 Å². The Morgan fingerprint density at radius 1 is 0.871 bits per heavy atom. The molecule has 7 nitrogen and oxygen atoms in total. The number of benzene rings is 1. The number of hydrogen-bond donors (Lipinski definition) is 0. The molecule has 1 aromatic carbocycles. The van der Waals surface area contributed by atoms with E-state index in [0.29, 0.717) is 30.8 Å². The Balaban J connectivity index is 1.46. The average molecular weight is 413 g/mol. The molecule has 0 aliphatic carbocycles. The third-order valence-corrected chi connectivity index (χ3v) is 6.45. The third-order valence-electron chi connectivity index (χ3n) is 6.45. The van der Waals surface area contributed by atoms with E-state index < -0.39 is 0 Å². The van der Waals surface area contributed by atoms with Crippen molar-refractivity contribution in [3.63, 3.8) is 0 Å². The molecule has 2 aliphatic heterocycles. The van der Waals surface area contributed by atoms with E-state index >= 15 is 0 Å². The molecule has 7 heteroatoms. The first-order chi connectivity index (χ1) is 15.1. The van der Waals surface area contributed by atoms with E-state index in [9.17, 15) is 9.59 Å². The summed E-state index contributed by atoms with van der Waals surface area (Å²) in [6.07, 6.45) is 7.83. The van der Waals surface area contributed by atoms with Gasteiger partial charge in [-0.05, 0) is 30.2 Å². The zero-order chi connectivity index (χ0) is 21.4. The van der Waals surface area contributed by atoms with Crippen molar-refractivity contribution in [2.75, 3.05) is 19.6 Å². The standard InChI is InChI=1S/C24H23N5O2/c1-16-4-2-3-5-20(16)22-21-14-28(23(30)18-10-26-15-27-11-18)12-19(21)13-29(22)24(31)17-6-8-25-9-7-17/h2-11,15,19,21-22H,12-14H2,1H3/t19-,21-,22+/m0/s1. The monoisotopic (exact) mass is 413 g/mol. The zero-order valence-electron chi connectivity index (χ0n) is 17.3. The highest BCUT2D eigenvalue weighted by Crippen LogP contribution is 2.46. The summed E-state index contributed by atoms with van der Waals surface area (Å²) >= 11 is 0. The van der Waals surface area contributed by atoms with Crippen molar-refractivity contribution in [3.8, 4) is 0 Å². The lowest BCUT2D eigenvalue weighted by atomic mass is 9.87. The number of rotatable bonds is 3. The number of pyridine rings is 1. The quantitative estimate of drug-likeness (QED) is 0.660. The summed E-state index contributed by atoms with van der Waals surface area (Å²) in [5, 5.41) is 0. The second-order valence-electron chi connectivity index (χ2n) is 8.26. The zero-order valence-corrected chi connectivity index (χ0v) is 17.3. The molecule has 0 radical (unpaired) electrons. The van der Waals surface area contributed by atoms with E-state index in [-0.39, 0.29) is 29.7 Å². The molecule has 2 amide bonds. The Hall–Kier alpha value is -3.61. The third kappa shape index (κ3) is 3.46. The molecule has 2 aromatic heterocycles. The van der Waals surface area contributed by atoms with Crippen LogP contribution in [0.4, 0.5) is 0 Å². The lowest BCUT2D eigenvalue weighted by Crippen LogP contribution is -2.37. The molecule has 156 valence electrons. The maximum absolute atomic E-state index is 13.4. The molecule has 0 unspecified atom stereocenters. The number of hydrogen-bond acceptors (Lipinski definition) is 5. The van der Waals surface area contributed by atoms with Gasteiger partial charge >= 0.3 is 0 Å². The first-order valence-corrected chi connectivity index (χ1v) is 10.4. The van der Waals surface area contributed by atoms with Gasteiger partial charge in [0.2, 0.25) is 0 Å². The number of amides is 2. The normalized spacial score (nSPS) is 22.4. The van der Waals surface area contributed by atoms with Crippen LogP contribution in [0.5, 0.6) is 0 Å². The summed E-state index contributed by atoms with van der Waals surface area (Å²) in [5.41, 5.74) is 3.44. The molecule has 5 rings (SSSR count). The van der Waals surface area contributed by atoms with Gasteiger partial charge in [0.15, 0.2) is 0 Å². The molecule has 3 aromatic rings. The lowest BCUT2D eigenvalue weighted by Gasteiger charge is -2.31. The highest BCUT2D eigenvalue weighted by Gasteiger charge is 2.50. The van der Waals surface area contributed by atoms with Gasteiger partial charge in [-0.25, -0.2) is 9.97 Å². The van der Waals surface area contributed by atoms with Gasteiger partial charge in [-0.3, -0.25) is 14.6 Å². The Kier molecular flexibility index (Phi) is 4.94. The van der Waals surface area contributed by atoms with Crippen LogP contribution in [-0.2, 0) is 0 Å². The van der Waals surface area contributed by atoms with Crippen LogP contribution in [0.2, 0.25) is 0 Å². The van der Waals surface area contributed by atoms with Gasteiger partial charge in [0.1, 0.15) is 6.33 Å². The molecule has 0 N–H and O–H groups in total. The van der Waals surface area contributed by atoms with Gasteiger partial charge in [0, 0.05) is 61.8 Å². The molecule has 2 saturated heterocycles. The van der Waals surface area contributed by atoms with Gasteiger partial charge in [-0.1, -0.05) is 24.3 Å². The predicted molar refractivity (Wildman–Crippen MR) is 114 cm³/mol. The molecule has 2 fully saturated rings. The number of carbonyl (C=O) groups excluding carboxylic acids is 2. The van der Waals surface area contributed by atoms with Crippen LogP contribution < -0.4 is 0 Å². The summed E-state index contributed by atoms with van der Waals surface area (Å²) in [4.78, 5) is 42.3. The maximum Gasteiger partial charge on any atom is 0.257 e. The van der Waals surface area contributed by atoms with Gasteiger partial charge in [-0.2, -0.15) is 0 Å². The smallest absolute Gasteiger partial charge is 0.257 e. The van der Waals surface area contributed by atoms with Crippen molar-refractivity contribution in [2.24, 2.45) is 11.8 Å². The minimum Gasteiger partial charge on any atom is -0.338 e. The Labute approximate surface area is 180 Å². The summed E-state index contributed by atoms with van der Waals surface area (Å²) in [6, 6.07) is 11.7. The number of likely N-dealkylation sites (tertiary alicyclic amines) is 2. The van der Waals surface area contributed by atoms with Crippen LogP contribution in [0.1, 0.15) is 37.9 Å². The predicted octanol–water partition coefficient (Wildman–Crippen LogP) is 2.77. The first-order valence-electron chi connectivity index (χ1n) is 10.4. The molecular formula is C24H23N5O2. The van der Waals surface area contributed by atoms with E-state index in [1.54, 1.807) is 36.9 Å². The number of nitrogens with zero attached hydrogens (tertiary/aromatic N) is 5. The molecule has 0 spiro atoms. The largest absolute Gasteiger partial charge is 0.338 e. The van der Waals surface area contributed by atoms with E-state index in [4.69, 9.17) is 0 Å². The Morgan fingerprint density at radius 3 is 2.35 bits per heavy atom. The summed E-state index contributed by atoms with van der Waals surface area (Å²) in [6.45, 7) is 3.94. The molecule has 0 bridgehead atoms. The van der Waals surface area contributed by atoms with Crippen molar-refractivity contribution >= 4 is 11.8 Å². The van der Waals surface area contributed by atoms with E-state index in [1.807, 2.05) is 21.9 Å². The minimum absolute atomic E-state index is 0.0133. The van der Waals surface area contributed by atoms with Crippen molar-refractivity contribution in [1.82, 2.24) is 24.8 Å². The number of fused-ring (bicyclic) bond motifs is 1. The highest BCUT2D eigenvalue weighted by atomic mass is 16.2. The van der Waals surface area contributed by atoms with E-state index in [1.165, 1.54) is 6.33 Å². The summed E-state index contributed by atoms with van der Waals surface area (Å²) in [5.74, 6) is 0.370. The molecule has 31 heavy (non-hydrogen) atoms.